The van der Waals surface area contributed by atoms with E-state index in [2.05, 4.69) is 37.2 Å². The summed E-state index contributed by atoms with van der Waals surface area (Å²) in [5.74, 6) is -2.25. The van der Waals surface area contributed by atoms with Crippen LogP contribution in [0.3, 0.4) is 0 Å². The molecule has 0 saturated carbocycles. The Morgan fingerprint density at radius 2 is 1.26 bits per heavy atom. The Kier molecular flexibility index (Phi) is 23.4. The number of carbonyl (C=O) groups excluding carboxylic acids is 4. The lowest BCUT2D eigenvalue weighted by atomic mass is 9.97. The third-order valence-electron chi connectivity index (χ3n) is 4.69. The highest BCUT2D eigenvalue weighted by molar-refractivity contribution is 5.91. The molecular weight excluding hydrogens is 458 g/mol. The van der Waals surface area contributed by atoms with Crippen LogP contribution in [0.15, 0.2) is 0 Å². The van der Waals surface area contributed by atoms with Crippen LogP contribution in [0.2, 0.25) is 0 Å². The number of amides is 3. The first kappa shape index (κ1) is 34.9. The van der Waals surface area contributed by atoms with E-state index in [9.17, 15) is 19.2 Å². The number of carbonyl (C=O) groups is 4. The predicted octanol–water partition coefficient (Wildman–Crippen LogP) is -5.28. The summed E-state index contributed by atoms with van der Waals surface area (Å²) in [7, 11) is 1.49. The molecule has 15 heteroatoms. The van der Waals surface area contributed by atoms with Gasteiger partial charge in [-0.2, -0.15) is 0 Å². The maximum absolute atomic E-state index is 12.8. The lowest BCUT2D eigenvalue weighted by Gasteiger charge is -2.23. The maximum atomic E-state index is 12.8. The SMILES string of the molecule is CC.CNC(=O)CCNC(=O)C(CNC(=O)C(CNCN)NCN)CC(=O)C(CNCN)NCN. The summed E-state index contributed by atoms with van der Waals surface area (Å²) in [6.45, 7) is 4.92. The molecule has 0 saturated heterocycles. The third kappa shape index (κ3) is 16.9. The van der Waals surface area contributed by atoms with E-state index in [0.717, 1.165) is 0 Å². The topological polar surface area (TPSA) is 257 Å². The minimum absolute atomic E-state index is 0.0585. The average Bonchev–Trinajstić information content (AvgIpc) is 2.87. The van der Waals surface area contributed by atoms with E-state index in [1.165, 1.54) is 7.05 Å². The van der Waals surface area contributed by atoms with Gasteiger partial charge in [-0.25, -0.2) is 0 Å². The number of nitrogens with one attached hydrogen (secondary N) is 7. The summed E-state index contributed by atoms with van der Waals surface area (Å²) < 4.78 is 0. The lowest BCUT2D eigenvalue weighted by Crippen LogP contribution is -2.54. The summed E-state index contributed by atoms with van der Waals surface area (Å²) in [6, 6.07) is -1.33. The Morgan fingerprint density at radius 3 is 1.77 bits per heavy atom. The molecular formula is C20H47N11O4. The van der Waals surface area contributed by atoms with Crippen LogP contribution >= 0.6 is 0 Å². The molecule has 15 N–H and O–H groups in total. The summed E-state index contributed by atoms with van der Waals surface area (Å²) in [5.41, 5.74) is 21.8. The number of nitrogens with two attached hydrogens (primary N) is 4. The van der Waals surface area contributed by atoms with Gasteiger partial charge in [0.05, 0.1) is 12.0 Å². The molecule has 0 aromatic carbocycles. The van der Waals surface area contributed by atoms with Gasteiger partial charge in [0.25, 0.3) is 0 Å². The van der Waals surface area contributed by atoms with Gasteiger partial charge in [0, 0.05) is 72.7 Å². The van der Waals surface area contributed by atoms with Gasteiger partial charge in [-0.05, 0) is 0 Å². The summed E-state index contributed by atoms with van der Waals surface area (Å²) in [6.07, 6.45) is -0.0771. The summed E-state index contributed by atoms with van der Waals surface area (Å²) in [5, 5.41) is 19.1. The Morgan fingerprint density at radius 1 is 0.714 bits per heavy atom. The number of hydrogen-bond acceptors (Lipinski definition) is 12. The van der Waals surface area contributed by atoms with Crippen LogP contribution in [0.1, 0.15) is 26.7 Å². The zero-order valence-electron chi connectivity index (χ0n) is 21.2. The molecule has 0 aliphatic carbocycles. The van der Waals surface area contributed by atoms with Crippen LogP contribution in [0, 0.1) is 5.92 Å². The molecule has 0 bridgehead atoms. The van der Waals surface area contributed by atoms with Crippen LogP contribution in [0.5, 0.6) is 0 Å². The van der Waals surface area contributed by atoms with Gasteiger partial charge < -0.3 is 49.5 Å². The molecule has 0 rings (SSSR count). The average molecular weight is 506 g/mol. The second-order valence-corrected chi connectivity index (χ2v) is 7.06. The van der Waals surface area contributed by atoms with Crippen molar-refractivity contribution in [2.45, 2.75) is 38.8 Å². The molecule has 0 fully saturated rings. The van der Waals surface area contributed by atoms with Gasteiger partial charge in [0.15, 0.2) is 5.78 Å². The zero-order chi connectivity index (χ0) is 27.1. The molecule has 15 nitrogen and oxygen atoms in total. The standard InChI is InChI=1S/C18H41N11O4.C2H6/c1-23-16(31)2-3-26-17(32)12(4-15(30)13(28-10-21)6-24-8-19)5-27-18(33)14(29-11-22)7-25-9-20;1-2/h12-14,24-25,28-29H,2-11,19-22H2,1H3,(H,23,31)(H,26,32)(H,27,33);1-2H3. The molecule has 0 aliphatic heterocycles. The van der Waals surface area contributed by atoms with Crippen molar-refractivity contribution >= 4 is 23.5 Å². The Balaban J connectivity index is 0. The summed E-state index contributed by atoms with van der Waals surface area (Å²) in [4.78, 5) is 49.5. The van der Waals surface area contributed by atoms with E-state index in [1.807, 2.05) is 13.8 Å². The fourth-order valence-corrected chi connectivity index (χ4v) is 2.86. The highest BCUT2D eigenvalue weighted by atomic mass is 16.2. The van der Waals surface area contributed by atoms with Crippen molar-refractivity contribution in [2.75, 3.05) is 59.9 Å². The number of hydrogen-bond donors (Lipinski definition) is 11. The molecule has 0 radical (unpaired) electrons. The quantitative estimate of drug-likeness (QED) is 0.0693. The van der Waals surface area contributed by atoms with E-state index in [4.69, 9.17) is 22.9 Å². The van der Waals surface area contributed by atoms with Crippen LogP contribution < -0.4 is 60.2 Å². The molecule has 3 unspecified atom stereocenters. The van der Waals surface area contributed by atoms with Crippen molar-refractivity contribution in [3.05, 3.63) is 0 Å². The molecule has 3 atom stereocenters. The second-order valence-electron chi connectivity index (χ2n) is 7.06. The molecule has 3 amide bonds. The van der Waals surface area contributed by atoms with Crippen LogP contribution in [0.4, 0.5) is 0 Å². The number of Topliss-reactive ketones (excluding diaryl/α,β-unsaturated/α-hetero) is 1. The van der Waals surface area contributed by atoms with Crippen molar-refractivity contribution in [1.29, 1.82) is 0 Å². The van der Waals surface area contributed by atoms with Crippen LogP contribution in [0.25, 0.3) is 0 Å². The highest BCUT2D eigenvalue weighted by Gasteiger charge is 2.27. The molecule has 35 heavy (non-hydrogen) atoms. The third-order valence-corrected chi connectivity index (χ3v) is 4.69. The molecule has 0 aromatic rings. The van der Waals surface area contributed by atoms with Crippen LogP contribution in [-0.2, 0) is 19.2 Å². The van der Waals surface area contributed by atoms with Gasteiger partial charge in [-0.1, -0.05) is 13.8 Å². The normalized spacial score (nSPS) is 13.0. The Hall–Kier alpha value is -2.24. The highest BCUT2D eigenvalue weighted by Crippen LogP contribution is 2.07. The minimum Gasteiger partial charge on any atom is -0.359 e. The first-order chi connectivity index (χ1) is 16.8. The van der Waals surface area contributed by atoms with Gasteiger partial charge in [0.2, 0.25) is 17.7 Å². The lowest BCUT2D eigenvalue weighted by molar-refractivity contribution is -0.131. The van der Waals surface area contributed by atoms with Crippen LogP contribution in [-0.4, -0.2) is 95.5 Å². The Labute approximate surface area is 208 Å². The molecule has 206 valence electrons. The van der Waals surface area contributed by atoms with Crippen molar-refractivity contribution in [2.24, 2.45) is 28.9 Å². The number of rotatable bonds is 20. The predicted molar refractivity (Wildman–Crippen MR) is 135 cm³/mol. The fraction of sp³-hybridized carbons (Fsp3) is 0.800. The van der Waals surface area contributed by atoms with E-state index in [0.29, 0.717) is 0 Å². The van der Waals surface area contributed by atoms with Crippen molar-refractivity contribution in [3.8, 4) is 0 Å². The van der Waals surface area contributed by atoms with Crippen molar-refractivity contribution in [3.63, 3.8) is 0 Å². The maximum Gasteiger partial charge on any atom is 0.238 e. The van der Waals surface area contributed by atoms with E-state index in [-0.39, 0.29) is 77.4 Å². The first-order valence-electron chi connectivity index (χ1n) is 11.8. The Bertz CT molecular complexity index is 595. The zero-order valence-corrected chi connectivity index (χ0v) is 21.2. The van der Waals surface area contributed by atoms with Crippen molar-refractivity contribution < 1.29 is 19.2 Å². The van der Waals surface area contributed by atoms with Gasteiger partial charge >= 0.3 is 0 Å². The van der Waals surface area contributed by atoms with Gasteiger partial charge in [-0.3, -0.25) is 29.8 Å². The first-order valence-corrected chi connectivity index (χ1v) is 11.8. The van der Waals surface area contributed by atoms with Gasteiger partial charge in [-0.15, -0.1) is 0 Å². The van der Waals surface area contributed by atoms with E-state index >= 15 is 0 Å². The second kappa shape index (κ2) is 23.5. The van der Waals surface area contributed by atoms with Gasteiger partial charge in [0.1, 0.15) is 6.04 Å². The molecule has 0 spiro atoms. The van der Waals surface area contributed by atoms with E-state index in [1.54, 1.807) is 0 Å². The smallest absolute Gasteiger partial charge is 0.238 e. The molecule has 0 aromatic heterocycles. The van der Waals surface area contributed by atoms with E-state index < -0.39 is 29.8 Å². The minimum atomic E-state index is -0.868. The van der Waals surface area contributed by atoms with Crippen molar-refractivity contribution in [1.82, 2.24) is 37.2 Å². The fourth-order valence-electron chi connectivity index (χ4n) is 2.86. The monoisotopic (exact) mass is 505 g/mol. The molecule has 0 heterocycles. The number of ketones is 1. The largest absolute Gasteiger partial charge is 0.359 e. The summed E-state index contributed by atoms with van der Waals surface area (Å²) >= 11 is 0. The molecule has 0 aliphatic rings.